The highest BCUT2D eigenvalue weighted by Gasteiger charge is 2.13. The third-order valence-corrected chi connectivity index (χ3v) is 5.08. The van der Waals surface area contributed by atoms with Crippen LogP contribution in [-0.2, 0) is 17.6 Å². The highest BCUT2D eigenvalue weighted by molar-refractivity contribution is 7.13. The number of nitrogens with one attached hydrogen (secondary N) is 1. The molecule has 0 fully saturated rings. The van der Waals surface area contributed by atoms with Gasteiger partial charge >= 0.3 is 0 Å². The second kappa shape index (κ2) is 9.45. The van der Waals surface area contributed by atoms with Gasteiger partial charge in [0.1, 0.15) is 0 Å². The van der Waals surface area contributed by atoms with Crippen molar-refractivity contribution in [2.45, 2.75) is 31.4 Å². The first-order valence-electron chi connectivity index (χ1n) is 9.07. The molecule has 6 N–H and O–H groups in total. The number of amides is 1. The Morgan fingerprint density at radius 3 is 2.50 bits per heavy atom. The molecule has 6 nitrogen and oxygen atoms in total. The predicted octanol–water partition coefficient (Wildman–Crippen LogP) is 2.90. The van der Waals surface area contributed by atoms with E-state index in [1.165, 1.54) is 11.3 Å². The third-order valence-electron chi connectivity index (χ3n) is 4.36. The molecule has 28 heavy (non-hydrogen) atoms. The fourth-order valence-electron chi connectivity index (χ4n) is 2.98. The van der Waals surface area contributed by atoms with Crippen molar-refractivity contribution in [2.75, 3.05) is 11.1 Å². The Balaban J connectivity index is 1.49. The van der Waals surface area contributed by atoms with E-state index in [2.05, 4.69) is 10.3 Å². The van der Waals surface area contributed by atoms with Crippen LogP contribution in [0.1, 0.15) is 29.3 Å². The fourth-order valence-corrected chi connectivity index (χ4v) is 3.54. The second-order valence-corrected chi connectivity index (χ2v) is 7.62. The average Bonchev–Trinajstić information content (AvgIpc) is 3.08. The van der Waals surface area contributed by atoms with Crippen molar-refractivity contribution in [2.24, 2.45) is 5.73 Å². The normalized spacial score (nSPS) is 13.1. The summed E-state index contributed by atoms with van der Waals surface area (Å²) in [7, 11) is 0. The molecule has 2 aromatic carbocycles. The van der Waals surface area contributed by atoms with E-state index in [0.29, 0.717) is 23.7 Å². The molecule has 0 spiro atoms. The van der Waals surface area contributed by atoms with E-state index in [4.69, 9.17) is 11.5 Å². The number of benzene rings is 2. The van der Waals surface area contributed by atoms with Crippen LogP contribution in [0.25, 0.3) is 0 Å². The van der Waals surface area contributed by atoms with Crippen LogP contribution in [0, 0.1) is 0 Å². The van der Waals surface area contributed by atoms with Gasteiger partial charge in [-0.3, -0.25) is 4.79 Å². The van der Waals surface area contributed by atoms with Crippen LogP contribution in [0.2, 0.25) is 0 Å². The molecule has 1 amide bonds. The van der Waals surface area contributed by atoms with E-state index >= 15 is 0 Å². The minimum absolute atomic E-state index is 0.138. The number of hydrogen-bond donors (Lipinski definition) is 4. The lowest BCUT2D eigenvalue weighted by molar-refractivity contribution is -0.115. The summed E-state index contributed by atoms with van der Waals surface area (Å²) in [5.41, 5.74) is 15.1. The van der Waals surface area contributed by atoms with Crippen molar-refractivity contribution in [3.05, 3.63) is 76.8 Å². The molecule has 0 bridgehead atoms. The lowest BCUT2D eigenvalue weighted by Crippen LogP contribution is -2.25. The van der Waals surface area contributed by atoms with Crippen LogP contribution < -0.4 is 16.8 Å². The Labute approximate surface area is 168 Å². The molecule has 1 heterocycles. The number of thiazole rings is 1. The molecule has 0 unspecified atom stereocenters. The van der Waals surface area contributed by atoms with Crippen LogP contribution in [0.5, 0.6) is 0 Å². The minimum atomic E-state index is -0.575. The molecular formula is C21H24N4O2S. The standard InChI is InChI=1S/C21H24N4O2S/c22-16(11-19(26)15-4-2-1-3-5-15)10-14-6-8-17(9-7-14)24-20(27)12-18-13-28-21(23)25-18/h1-9,13,16,19,26H,10-12,22H2,(H2,23,25)(H,24,27)/t16-,19-/m1/s1. The number of nitrogen functional groups attached to an aromatic ring is 1. The maximum Gasteiger partial charge on any atom is 0.230 e. The van der Waals surface area contributed by atoms with E-state index in [-0.39, 0.29) is 18.4 Å². The molecule has 7 heteroatoms. The molecule has 1 aromatic heterocycles. The lowest BCUT2D eigenvalue weighted by atomic mass is 9.97. The van der Waals surface area contributed by atoms with Gasteiger partial charge in [0, 0.05) is 17.1 Å². The van der Waals surface area contributed by atoms with E-state index in [1.807, 2.05) is 54.6 Å². The summed E-state index contributed by atoms with van der Waals surface area (Å²) in [6.45, 7) is 0. The quantitative estimate of drug-likeness (QED) is 0.467. The summed E-state index contributed by atoms with van der Waals surface area (Å²) in [5, 5.41) is 15.4. The molecule has 0 aliphatic heterocycles. The van der Waals surface area contributed by atoms with Crippen molar-refractivity contribution in [3.8, 4) is 0 Å². The molecule has 0 saturated heterocycles. The lowest BCUT2D eigenvalue weighted by Gasteiger charge is -2.17. The number of hydrogen-bond acceptors (Lipinski definition) is 6. The van der Waals surface area contributed by atoms with Crippen LogP contribution in [-0.4, -0.2) is 22.0 Å². The zero-order valence-electron chi connectivity index (χ0n) is 15.4. The number of nitrogens with zero attached hydrogens (tertiary/aromatic N) is 1. The first-order valence-corrected chi connectivity index (χ1v) is 9.95. The Bertz CT molecular complexity index is 896. The summed E-state index contributed by atoms with van der Waals surface area (Å²) in [5.74, 6) is -0.138. The largest absolute Gasteiger partial charge is 0.388 e. The summed E-state index contributed by atoms with van der Waals surface area (Å²) < 4.78 is 0. The Kier molecular flexibility index (Phi) is 6.76. The monoisotopic (exact) mass is 396 g/mol. The molecular weight excluding hydrogens is 372 g/mol. The number of carbonyl (C=O) groups is 1. The predicted molar refractivity (Wildman–Crippen MR) is 113 cm³/mol. The van der Waals surface area contributed by atoms with Gasteiger partial charge < -0.3 is 21.9 Å². The third kappa shape index (κ3) is 5.88. The first-order chi connectivity index (χ1) is 13.5. The van der Waals surface area contributed by atoms with Crippen molar-refractivity contribution in [1.29, 1.82) is 0 Å². The van der Waals surface area contributed by atoms with Crippen molar-refractivity contribution in [1.82, 2.24) is 4.98 Å². The van der Waals surface area contributed by atoms with E-state index in [1.54, 1.807) is 5.38 Å². The maximum atomic E-state index is 12.1. The fraction of sp³-hybridized carbons (Fsp3) is 0.238. The number of carbonyl (C=O) groups excluding carboxylic acids is 1. The van der Waals surface area contributed by atoms with Gasteiger partial charge in [-0.2, -0.15) is 0 Å². The number of anilines is 2. The molecule has 0 aliphatic rings. The van der Waals surface area contributed by atoms with E-state index in [9.17, 15) is 9.90 Å². The Morgan fingerprint density at radius 1 is 1.14 bits per heavy atom. The van der Waals surface area contributed by atoms with Gasteiger partial charge in [-0.15, -0.1) is 11.3 Å². The zero-order chi connectivity index (χ0) is 19.9. The van der Waals surface area contributed by atoms with Gasteiger partial charge in [-0.05, 0) is 36.1 Å². The Hall–Kier alpha value is -2.74. The van der Waals surface area contributed by atoms with Gasteiger partial charge in [0.2, 0.25) is 5.91 Å². The minimum Gasteiger partial charge on any atom is -0.388 e. The van der Waals surface area contributed by atoms with Crippen molar-refractivity contribution in [3.63, 3.8) is 0 Å². The van der Waals surface area contributed by atoms with Crippen molar-refractivity contribution >= 4 is 28.1 Å². The van der Waals surface area contributed by atoms with Gasteiger partial charge in [0.05, 0.1) is 18.2 Å². The number of aliphatic hydroxyl groups is 1. The highest BCUT2D eigenvalue weighted by Crippen LogP contribution is 2.20. The highest BCUT2D eigenvalue weighted by atomic mass is 32.1. The molecule has 3 aromatic rings. The molecule has 0 saturated carbocycles. The van der Waals surface area contributed by atoms with Gasteiger partial charge in [-0.25, -0.2) is 4.98 Å². The van der Waals surface area contributed by atoms with Gasteiger partial charge in [0.25, 0.3) is 0 Å². The van der Waals surface area contributed by atoms with E-state index in [0.717, 1.165) is 16.8 Å². The summed E-state index contributed by atoms with van der Waals surface area (Å²) in [6, 6.07) is 16.9. The van der Waals surface area contributed by atoms with E-state index < -0.39 is 6.10 Å². The topological polar surface area (TPSA) is 114 Å². The summed E-state index contributed by atoms with van der Waals surface area (Å²) in [6.07, 6.45) is 0.752. The number of aliphatic hydroxyl groups excluding tert-OH is 1. The smallest absolute Gasteiger partial charge is 0.230 e. The summed E-state index contributed by atoms with van der Waals surface area (Å²) >= 11 is 1.32. The second-order valence-electron chi connectivity index (χ2n) is 6.73. The van der Waals surface area contributed by atoms with Crippen LogP contribution in [0.3, 0.4) is 0 Å². The van der Waals surface area contributed by atoms with Gasteiger partial charge in [-0.1, -0.05) is 42.5 Å². The van der Waals surface area contributed by atoms with Crippen LogP contribution in [0.15, 0.2) is 60.0 Å². The molecule has 3 rings (SSSR count). The van der Waals surface area contributed by atoms with Crippen molar-refractivity contribution < 1.29 is 9.90 Å². The van der Waals surface area contributed by atoms with Crippen LogP contribution >= 0.6 is 11.3 Å². The SMILES string of the molecule is Nc1nc(CC(=O)Nc2ccc(C[C@@H](N)C[C@@H](O)c3ccccc3)cc2)cs1. The number of rotatable bonds is 8. The van der Waals surface area contributed by atoms with Crippen LogP contribution in [0.4, 0.5) is 10.8 Å². The molecule has 2 atom stereocenters. The first kappa shape index (κ1) is 20.0. The summed E-state index contributed by atoms with van der Waals surface area (Å²) in [4.78, 5) is 16.2. The zero-order valence-corrected chi connectivity index (χ0v) is 16.2. The molecule has 146 valence electrons. The maximum absolute atomic E-state index is 12.1. The number of aromatic nitrogens is 1. The Morgan fingerprint density at radius 2 is 1.86 bits per heavy atom. The molecule has 0 radical (unpaired) electrons. The van der Waals surface area contributed by atoms with Gasteiger partial charge in [0.15, 0.2) is 5.13 Å². The number of nitrogens with two attached hydrogens (primary N) is 2. The average molecular weight is 397 g/mol. The molecule has 0 aliphatic carbocycles.